The summed E-state index contributed by atoms with van der Waals surface area (Å²) in [6.45, 7) is 11.2. The van der Waals surface area contributed by atoms with Crippen LogP contribution >= 0.6 is 45.3 Å². The van der Waals surface area contributed by atoms with Gasteiger partial charge in [-0.25, -0.2) is 4.99 Å². The van der Waals surface area contributed by atoms with Gasteiger partial charge in [0.25, 0.3) is 0 Å². The molecule has 392 valence electrons. The summed E-state index contributed by atoms with van der Waals surface area (Å²) < 4.78 is 17.1. The van der Waals surface area contributed by atoms with Crippen molar-refractivity contribution in [3.63, 3.8) is 0 Å². The number of thiophene rings is 4. The quantitative estimate of drug-likeness (QED) is 0.0673. The zero-order valence-electron chi connectivity index (χ0n) is 45.7. The molecule has 0 amide bonds. The van der Waals surface area contributed by atoms with E-state index in [0.717, 1.165) is 75.0 Å². The first-order chi connectivity index (χ1) is 38.8. The number of allylic oxidation sites excluding steroid dienone is 2. The predicted octanol–water partition coefficient (Wildman–Crippen LogP) is 21.0. The first-order valence-electron chi connectivity index (χ1n) is 28.3. The van der Waals surface area contributed by atoms with Crippen LogP contribution in [-0.2, 0) is 12.8 Å². The number of aliphatic imine (C=N–C) groups is 1. The highest BCUT2D eigenvalue weighted by atomic mass is 32.1. The molecule has 8 heterocycles. The largest absolute Gasteiger partial charge is 0.743 e. The number of hydrogen-bond acceptors (Lipinski definition) is 7. The molecule has 79 heavy (non-hydrogen) atoms. The molecule has 9 heteroatoms. The van der Waals surface area contributed by atoms with Crippen LogP contribution in [0.15, 0.2) is 181 Å². The summed E-state index contributed by atoms with van der Waals surface area (Å²) in [4.78, 5) is 16.0. The third kappa shape index (κ3) is 10.1. The second kappa shape index (κ2) is 22.3. The smallest absolute Gasteiger partial charge is 0.506 e. The van der Waals surface area contributed by atoms with Crippen molar-refractivity contribution in [1.29, 1.82) is 0 Å². The molecule has 5 aromatic carbocycles. The maximum absolute atomic E-state index is 7.48. The van der Waals surface area contributed by atoms with E-state index in [9.17, 15) is 0 Å². The summed E-state index contributed by atoms with van der Waals surface area (Å²) in [6.07, 6.45) is 16.3. The normalized spacial score (nSPS) is 14.2. The van der Waals surface area contributed by atoms with Crippen molar-refractivity contribution < 1.29 is 9.31 Å². The van der Waals surface area contributed by atoms with Gasteiger partial charge >= 0.3 is 7.25 Å². The molecule has 2 bridgehead atoms. The van der Waals surface area contributed by atoms with Crippen molar-refractivity contribution >= 4 is 63.9 Å². The molecule has 5 aromatic heterocycles. The number of unbranched alkanes of at least 4 members (excludes halogenated alkanes) is 6. The molecule has 0 atom stereocenters. The summed E-state index contributed by atoms with van der Waals surface area (Å²) >= 11 is 7.59. The van der Waals surface area contributed by atoms with E-state index in [1.54, 1.807) is 0 Å². The van der Waals surface area contributed by atoms with Crippen LogP contribution in [0.25, 0.3) is 78.1 Å². The number of aryl methyl sites for hydroxylation is 5. The molecule has 0 aliphatic carbocycles. The summed E-state index contributed by atoms with van der Waals surface area (Å²) in [6, 6.07) is 58.3. The van der Waals surface area contributed by atoms with Crippen molar-refractivity contribution in [1.82, 2.24) is 4.48 Å². The third-order valence-corrected chi connectivity index (χ3v) is 20.8. The molecular weight excluding hydrogens is 1040 g/mol. The number of hydrogen-bond donors (Lipinski definition) is 0. The highest BCUT2D eigenvalue weighted by Gasteiger charge is 2.41. The maximum atomic E-state index is 7.48. The van der Waals surface area contributed by atoms with Crippen molar-refractivity contribution in [2.45, 2.75) is 98.8 Å². The summed E-state index contributed by atoms with van der Waals surface area (Å²) in [5.74, 6) is 1.56. The molecule has 0 N–H and O–H groups in total. The Hall–Kier alpha value is -7.01. The van der Waals surface area contributed by atoms with Gasteiger partial charge in [0.1, 0.15) is 11.5 Å². The molecule has 0 saturated carbocycles. The second-order valence-electron chi connectivity index (χ2n) is 21.4. The number of fused-ring (bicyclic) bond motifs is 5. The fraction of sp³-hybridized carbons (Fsp3) is 0.214. The SMILES string of the molecule is CCCCCCc1cc(-c2ccc3c(c2)OB2Oc4cc(-c5cc(CCCCCC)c(-c6ccc(-c7ccccc7)s6)s5)ccc4-c4ccc(n42)/C(c2c(C)cc(C)cc2C)=C2/C=CC3=N2)sc1-c1ccc(-c2ccccc2)s1. The molecule has 4 nitrogen and oxygen atoms in total. The van der Waals surface area contributed by atoms with Gasteiger partial charge in [-0.1, -0.05) is 143 Å². The van der Waals surface area contributed by atoms with E-state index < -0.39 is 7.25 Å². The molecule has 3 aliphatic heterocycles. The molecule has 10 aromatic rings. The highest BCUT2D eigenvalue weighted by Crippen LogP contribution is 2.49. The minimum atomic E-state index is -0.817. The van der Waals surface area contributed by atoms with E-state index in [1.165, 1.54) is 135 Å². The van der Waals surface area contributed by atoms with Crippen LogP contribution in [0.2, 0.25) is 0 Å². The van der Waals surface area contributed by atoms with Crippen molar-refractivity contribution in [3.8, 4) is 84.0 Å². The van der Waals surface area contributed by atoms with E-state index in [2.05, 4.69) is 209 Å². The molecule has 3 aliphatic rings. The standard InChI is InChI=1S/C70H63BN2O2S4/c1-6-8-10-14-24-51-42-65(78-69(51)63-36-34-61(76-63)47-20-16-12-17-21-47)49-26-28-53-55-30-31-56(72-55)68(67-45(4)38-44(3)39-46(67)5)58-33-32-57-54-29-27-50(41-60(54)75-71(73(57)58)74-59(53)40-49)66-43-52(25-15-11-9-7-2)70(79-66)64-37-35-62(77-64)48-22-18-13-19-23-48/h12-13,16-23,26-43H,6-11,14-15,24-25H2,1-5H3/b68-56+. The van der Waals surface area contributed by atoms with Crippen molar-refractivity contribution in [2.24, 2.45) is 4.99 Å². The minimum Gasteiger partial charge on any atom is -0.506 e. The summed E-state index contributed by atoms with van der Waals surface area (Å²) in [5, 5.41) is 0. The second-order valence-corrected chi connectivity index (χ2v) is 25.7. The number of benzene rings is 5. The van der Waals surface area contributed by atoms with Crippen LogP contribution in [0.3, 0.4) is 0 Å². The fourth-order valence-electron chi connectivity index (χ4n) is 11.9. The minimum absolute atomic E-state index is 0.742. The lowest BCUT2D eigenvalue weighted by Crippen LogP contribution is -2.42. The molecule has 0 saturated heterocycles. The third-order valence-electron chi connectivity index (χ3n) is 15.7. The number of aromatic nitrogens is 1. The lowest BCUT2D eigenvalue weighted by Gasteiger charge is -2.29. The lowest BCUT2D eigenvalue weighted by molar-refractivity contribution is 0.403. The topological polar surface area (TPSA) is 35.8 Å². The van der Waals surface area contributed by atoms with Crippen LogP contribution in [0, 0.1) is 20.8 Å². The Labute approximate surface area is 482 Å². The van der Waals surface area contributed by atoms with Gasteiger partial charge in [0.15, 0.2) is 0 Å². The zero-order valence-corrected chi connectivity index (χ0v) is 48.9. The predicted molar refractivity (Wildman–Crippen MR) is 341 cm³/mol. The Morgan fingerprint density at radius 2 is 0.975 bits per heavy atom. The van der Waals surface area contributed by atoms with Crippen molar-refractivity contribution in [3.05, 3.63) is 220 Å². The molecule has 0 unspecified atom stereocenters. The Balaban J connectivity index is 0.922. The van der Waals surface area contributed by atoms with Crippen LogP contribution in [0.4, 0.5) is 0 Å². The monoisotopic (exact) mass is 1100 g/mol. The van der Waals surface area contributed by atoms with E-state index in [0.29, 0.717) is 0 Å². The fourth-order valence-corrected chi connectivity index (χ4v) is 16.6. The van der Waals surface area contributed by atoms with Gasteiger partial charge in [-0.15, -0.1) is 45.3 Å². The van der Waals surface area contributed by atoms with E-state index in [-0.39, 0.29) is 0 Å². The molecule has 0 spiro atoms. The van der Waals surface area contributed by atoms with Crippen LogP contribution in [0.1, 0.15) is 110 Å². The molecule has 0 radical (unpaired) electrons. The maximum Gasteiger partial charge on any atom is 0.743 e. The lowest BCUT2D eigenvalue weighted by atomic mass is 9.89. The Morgan fingerprint density at radius 1 is 0.456 bits per heavy atom. The Morgan fingerprint density at radius 3 is 1.53 bits per heavy atom. The van der Waals surface area contributed by atoms with Crippen LogP contribution in [-0.4, -0.2) is 17.4 Å². The van der Waals surface area contributed by atoms with Crippen molar-refractivity contribution in [2.75, 3.05) is 0 Å². The summed E-state index contributed by atoms with van der Waals surface area (Å²) in [7, 11) is -0.817. The summed E-state index contributed by atoms with van der Waals surface area (Å²) in [5.41, 5.74) is 19.4. The van der Waals surface area contributed by atoms with E-state index in [1.807, 2.05) is 45.3 Å². The van der Waals surface area contributed by atoms with Gasteiger partial charge in [-0.2, -0.15) is 0 Å². The van der Waals surface area contributed by atoms with E-state index in [4.69, 9.17) is 14.3 Å². The molecule has 0 fully saturated rings. The van der Waals surface area contributed by atoms with Crippen LogP contribution in [0.5, 0.6) is 11.5 Å². The van der Waals surface area contributed by atoms with Gasteiger partial charge < -0.3 is 13.8 Å². The first kappa shape index (κ1) is 51.4. The van der Waals surface area contributed by atoms with Crippen LogP contribution < -0.4 is 9.31 Å². The van der Waals surface area contributed by atoms with Gasteiger partial charge in [-0.05, 0) is 181 Å². The van der Waals surface area contributed by atoms with E-state index >= 15 is 0 Å². The number of rotatable bonds is 17. The average Bonchev–Trinajstić information content (AvgIpc) is 4.56. The zero-order chi connectivity index (χ0) is 53.6. The van der Waals surface area contributed by atoms with Gasteiger partial charge in [0.2, 0.25) is 0 Å². The number of nitrogens with zero attached hydrogens (tertiary/aromatic N) is 2. The van der Waals surface area contributed by atoms with Gasteiger partial charge in [-0.3, -0.25) is 0 Å². The highest BCUT2D eigenvalue weighted by molar-refractivity contribution is 7.26. The van der Waals surface area contributed by atoms with Gasteiger partial charge in [0.05, 0.1) is 11.4 Å². The average molecular weight is 1100 g/mol. The Bertz CT molecular complexity index is 3970. The Kier molecular flexibility index (Phi) is 14.5. The first-order valence-corrected chi connectivity index (χ1v) is 31.6. The molecular formula is C70H63BN2O2S4. The van der Waals surface area contributed by atoms with Gasteiger partial charge in [0, 0.05) is 67.1 Å². The molecule has 13 rings (SSSR count).